The molecule has 6 rings (SSSR count). The number of hydrogen-bond donors (Lipinski definition) is 0. The lowest BCUT2D eigenvalue weighted by Gasteiger charge is -2.36. The highest BCUT2D eigenvalue weighted by Crippen LogP contribution is 2.37. The van der Waals surface area contributed by atoms with Crippen molar-refractivity contribution in [3.63, 3.8) is 0 Å². The first-order chi connectivity index (χ1) is 13.2. The van der Waals surface area contributed by atoms with Crippen molar-refractivity contribution in [2.24, 2.45) is 5.92 Å². The molecule has 3 saturated heterocycles. The number of pyridine rings is 1. The first-order valence-corrected chi connectivity index (χ1v) is 9.88. The molecule has 0 radical (unpaired) electrons. The maximum atomic E-state index is 13.3. The Balaban J connectivity index is 1.37. The van der Waals surface area contributed by atoms with Crippen LogP contribution in [0, 0.1) is 5.92 Å². The zero-order valence-corrected chi connectivity index (χ0v) is 15.3. The normalized spacial score (nSPS) is 24.7. The highest BCUT2D eigenvalue weighted by Gasteiger charge is 2.40. The van der Waals surface area contributed by atoms with Crippen LogP contribution in [0.1, 0.15) is 52.6 Å². The second kappa shape index (κ2) is 6.51. The van der Waals surface area contributed by atoms with Gasteiger partial charge < -0.3 is 14.4 Å². The molecule has 0 spiro atoms. The van der Waals surface area contributed by atoms with Crippen LogP contribution in [0.2, 0.25) is 0 Å². The van der Waals surface area contributed by atoms with E-state index in [9.17, 15) is 9.59 Å². The van der Waals surface area contributed by atoms with Gasteiger partial charge in [-0.15, -0.1) is 0 Å². The Morgan fingerprint density at radius 1 is 0.889 bits per heavy atom. The lowest BCUT2D eigenvalue weighted by atomic mass is 9.94. The van der Waals surface area contributed by atoms with Gasteiger partial charge in [-0.2, -0.15) is 0 Å². The third kappa shape index (κ3) is 3.03. The largest absolute Gasteiger partial charge is 0.340 e. The van der Waals surface area contributed by atoms with Crippen molar-refractivity contribution >= 4 is 11.8 Å². The summed E-state index contributed by atoms with van der Waals surface area (Å²) in [5, 5.41) is 0. The van der Waals surface area contributed by atoms with Crippen molar-refractivity contribution < 1.29 is 9.59 Å². The topological polar surface area (TPSA) is 58.4 Å². The molecule has 3 aliphatic heterocycles. The molecule has 2 bridgehead atoms. The Labute approximate surface area is 158 Å². The van der Waals surface area contributed by atoms with Gasteiger partial charge in [-0.05, 0) is 55.9 Å². The number of carbonyl (C=O) groups is 2. The van der Waals surface area contributed by atoms with Crippen LogP contribution in [-0.4, -0.2) is 56.8 Å². The van der Waals surface area contributed by atoms with Crippen LogP contribution in [0.3, 0.4) is 0 Å². The van der Waals surface area contributed by atoms with E-state index in [0.29, 0.717) is 24.1 Å². The van der Waals surface area contributed by atoms with E-state index in [-0.39, 0.29) is 17.9 Å². The molecule has 2 aromatic rings. The summed E-state index contributed by atoms with van der Waals surface area (Å²) in [4.78, 5) is 34.2. The molecule has 6 nitrogen and oxygen atoms in total. The van der Waals surface area contributed by atoms with Gasteiger partial charge >= 0.3 is 0 Å². The molecule has 5 heterocycles. The average molecular weight is 364 g/mol. The summed E-state index contributed by atoms with van der Waals surface area (Å²) in [5.41, 5.74) is 1.48. The van der Waals surface area contributed by atoms with E-state index in [1.54, 1.807) is 24.5 Å². The number of amides is 2. The Bertz CT molecular complexity index is 858. The zero-order chi connectivity index (χ0) is 18.4. The third-order valence-electron chi connectivity index (χ3n) is 6.13. The quantitative estimate of drug-likeness (QED) is 0.841. The van der Waals surface area contributed by atoms with E-state index in [4.69, 9.17) is 0 Å². The lowest BCUT2D eigenvalue weighted by molar-refractivity contribution is 0.0564. The van der Waals surface area contributed by atoms with Crippen molar-refractivity contribution in [2.45, 2.75) is 37.8 Å². The van der Waals surface area contributed by atoms with E-state index in [2.05, 4.69) is 9.55 Å². The van der Waals surface area contributed by atoms with Crippen molar-refractivity contribution in [2.75, 3.05) is 19.6 Å². The van der Waals surface area contributed by atoms with Gasteiger partial charge in [0.05, 0.1) is 0 Å². The van der Waals surface area contributed by atoms with Crippen LogP contribution < -0.4 is 0 Å². The molecule has 2 atom stereocenters. The van der Waals surface area contributed by atoms with Gasteiger partial charge in [0, 0.05) is 55.9 Å². The van der Waals surface area contributed by atoms with Crippen LogP contribution >= 0.6 is 0 Å². The number of piperidine rings is 1. The number of hydrogen-bond acceptors (Lipinski definition) is 3. The smallest absolute Gasteiger partial charge is 0.270 e. The molecule has 0 N–H and O–H groups in total. The van der Waals surface area contributed by atoms with Gasteiger partial charge in [-0.25, -0.2) is 0 Å². The Kier molecular flexibility index (Phi) is 3.99. The van der Waals surface area contributed by atoms with E-state index >= 15 is 0 Å². The minimum Gasteiger partial charge on any atom is -0.340 e. The fourth-order valence-corrected chi connectivity index (χ4v) is 4.57. The lowest BCUT2D eigenvalue weighted by Crippen LogP contribution is -2.48. The summed E-state index contributed by atoms with van der Waals surface area (Å²) >= 11 is 0. The molecule has 4 aliphatic rings. The summed E-state index contributed by atoms with van der Waals surface area (Å²) in [5.74, 6) is 0.521. The van der Waals surface area contributed by atoms with E-state index in [1.165, 1.54) is 0 Å². The van der Waals surface area contributed by atoms with Gasteiger partial charge in [-0.3, -0.25) is 14.6 Å². The second-order valence-electron chi connectivity index (χ2n) is 8.03. The predicted molar refractivity (Wildman–Crippen MR) is 100 cm³/mol. The van der Waals surface area contributed by atoms with Crippen LogP contribution in [0.5, 0.6) is 0 Å². The molecule has 140 valence electrons. The SMILES string of the molecule is O=C(c1ccncc1)N1CC2CCC(C1)N(C(=O)c1cccn1C1CC1)C2. The average Bonchev–Trinajstić information content (AvgIpc) is 3.50. The molecule has 6 heteroatoms. The Hall–Kier alpha value is -2.63. The fourth-order valence-electron chi connectivity index (χ4n) is 4.57. The van der Waals surface area contributed by atoms with Crippen molar-refractivity contribution in [1.82, 2.24) is 19.4 Å². The Morgan fingerprint density at radius 2 is 1.67 bits per heavy atom. The summed E-state index contributed by atoms with van der Waals surface area (Å²) in [6.07, 6.45) is 9.71. The van der Waals surface area contributed by atoms with Gasteiger partial charge in [0.2, 0.25) is 0 Å². The van der Waals surface area contributed by atoms with Crippen molar-refractivity contribution in [3.05, 3.63) is 54.1 Å². The van der Waals surface area contributed by atoms with Crippen LogP contribution in [0.25, 0.3) is 0 Å². The van der Waals surface area contributed by atoms with Crippen LogP contribution in [-0.2, 0) is 0 Å². The van der Waals surface area contributed by atoms with Crippen molar-refractivity contribution in [3.8, 4) is 0 Å². The molecule has 2 unspecified atom stereocenters. The van der Waals surface area contributed by atoms with Gasteiger partial charge in [0.1, 0.15) is 5.69 Å². The number of carbonyl (C=O) groups excluding carboxylic acids is 2. The van der Waals surface area contributed by atoms with Crippen molar-refractivity contribution in [1.29, 1.82) is 0 Å². The van der Waals surface area contributed by atoms with Gasteiger partial charge in [0.25, 0.3) is 11.8 Å². The summed E-state index contributed by atoms with van der Waals surface area (Å²) in [6, 6.07) is 8.04. The summed E-state index contributed by atoms with van der Waals surface area (Å²) in [6.45, 7) is 2.10. The maximum Gasteiger partial charge on any atom is 0.270 e. The van der Waals surface area contributed by atoms with Crippen LogP contribution in [0.15, 0.2) is 42.9 Å². The predicted octanol–water partition coefficient (Wildman–Crippen LogP) is 2.59. The Morgan fingerprint density at radius 3 is 2.44 bits per heavy atom. The first-order valence-electron chi connectivity index (χ1n) is 9.88. The standard InChI is InChI=1S/C21H24N4O2/c26-20(16-7-9-22-10-8-16)23-12-15-3-4-18(14-23)25(13-15)21(27)19-2-1-11-24(19)17-5-6-17/h1-2,7-11,15,17-18H,3-6,12-14H2. The van der Waals surface area contributed by atoms with Gasteiger partial charge in [-0.1, -0.05) is 0 Å². The van der Waals surface area contributed by atoms with E-state index in [1.807, 2.05) is 28.1 Å². The van der Waals surface area contributed by atoms with Crippen LogP contribution in [0.4, 0.5) is 0 Å². The second-order valence-corrected chi connectivity index (χ2v) is 8.03. The number of nitrogens with zero attached hydrogens (tertiary/aromatic N) is 4. The molecule has 2 amide bonds. The summed E-state index contributed by atoms with van der Waals surface area (Å²) < 4.78 is 2.14. The maximum absolute atomic E-state index is 13.3. The molecule has 27 heavy (non-hydrogen) atoms. The molecular weight excluding hydrogens is 340 g/mol. The minimum absolute atomic E-state index is 0.0463. The first kappa shape index (κ1) is 16.5. The zero-order valence-electron chi connectivity index (χ0n) is 15.3. The molecule has 2 aromatic heterocycles. The molecular formula is C21H24N4O2. The number of fused-ring (bicyclic) bond motifs is 4. The van der Waals surface area contributed by atoms with Gasteiger partial charge in [0.15, 0.2) is 0 Å². The highest BCUT2D eigenvalue weighted by atomic mass is 16.2. The molecule has 1 aliphatic carbocycles. The third-order valence-corrected chi connectivity index (χ3v) is 6.13. The highest BCUT2D eigenvalue weighted by molar-refractivity contribution is 5.95. The molecule has 1 saturated carbocycles. The summed E-state index contributed by atoms with van der Waals surface area (Å²) in [7, 11) is 0. The van der Waals surface area contributed by atoms with E-state index in [0.717, 1.165) is 44.5 Å². The molecule has 0 aromatic carbocycles. The number of rotatable bonds is 3. The minimum atomic E-state index is 0.0463. The van der Waals surface area contributed by atoms with E-state index < -0.39 is 0 Å². The fraction of sp³-hybridized carbons (Fsp3) is 0.476. The number of aromatic nitrogens is 2. The monoisotopic (exact) mass is 364 g/mol. The molecule has 4 fully saturated rings.